The molecule has 1 aromatic rings. The lowest BCUT2D eigenvalue weighted by atomic mass is 9.92. The molecule has 2 nitrogen and oxygen atoms in total. The van der Waals surface area contributed by atoms with Crippen LogP contribution in [-0.2, 0) is 0 Å². The van der Waals surface area contributed by atoms with Gasteiger partial charge in [0.2, 0.25) is 0 Å². The van der Waals surface area contributed by atoms with Gasteiger partial charge in [0.05, 0.1) is 5.56 Å². The number of hydrogen-bond acceptors (Lipinski definition) is 1. The highest BCUT2D eigenvalue weighted by atomic mass is 19.2. The fourth-order valence-corrected chi connectivity index (χ4v) is 2.52. The number of rotatable bonds is 4. The summed E-state index contributed by atoms with van der Waals surface area (Å²) in [4.78, 5) is 12.2. The van der Waals surface area contributed by atoms with Crippen LogP contribution in [0.4, 0.5) is 13.2 Å². The van der Waals surface area contributed by atoms with Gasteiger partial charge in [-0.2, -0.15) is 0 Å². The summed E-state index contributed by atoms with van der Waals surface area (Å²) < 4.78 is 41.5. The highest BCUT2D eigenvalue weighted by Gasteiger charge is 2.27. The van der Waals surface area contributed by atoms with Gasteiger partial charge in [-0.25, -0.2) is 13.2 Å². The second-order valence-corrected chi connectivity index (χ2v) is 6.05. The molecular formula is C16H22F3NO. The fraction of sp³-hybridized carbons (Fsp3) is 0.562. The Labute approximate surface area is 123 Å². The van der Waals surface area contributed by atoms with Gasteiger partial charge in [0, 0.05) is 17.2 Å². The van der Waals surface area contributed by atoms with E-state index >= 15 is 0 Å². The zero-order valence-corrected chi connectivity index (χ0v) is 13.3. The second-order valence-electron chi connectivity index (χ2n) is 6.05. The Bertz CT molecular complexity index is 516. The Morgan fingerprint density at radius 1 is 0.857 bits per heavy atom. The third kappa shape index (κ3) is 3.39. The van der Waals surface area contributed by atoms with Gasteiger partial charge in [0.25, 0.3) is 5.91 Å². The van der Waals surface area contributed by atoms with Crippen LogP contribution in [-0.4, -0.2) is 11.9 Å². The quantitative estimate of drug-likeness (QED) is 0.832. The zero-order chi connectivity index (χ0) is 16.5. The molecule has 5 heteroatoms. The van der Waals surface area contributed by atoms with Crippen LogP contribution < -0.4 is 5.32 Å². The largest absolute Gasteiger partial charge is 0.349 e. The van der Waals surface area contributed by atoms with Gasteiger partial charge >= 0.3 is 0 Å². The highest BCUT2D eigenvalue weighted by molar-refractivity contribution is 5.96. The van der Waals surface area contributed by atoms with E-state index in [0.717, 1.165) is 6.92 Å². The van der Waals surface area contributed by atoms with Crippen molar-refractivity contribution in [2.75, 3.05) is 0 Å². The monoisotopic (exact) mass is 301 g/mol. The van der Waals surface area contributed by atoms with Gasteiger partial charge in [-0.05, 0) is 25.7 Å². The summed E-state index contributed by atoms with van der Waals surface area (Å²) in [6.07, 6.45) is 0. The van der Waals surface area contributed by atoms with E-state index in [1.165, 1.54) is 6.92 Å². The molecule has 0 bridgehead atoms. The lowest BCUT2D eigenvalue weighted by Crippen LogP contribution is -2.42. The molecule has 0 saturated carbocycles. The van der Waals surface area contributed by atoms with Gasteiger partial charge < -0.3 is 5.32 Å². The molecule has 0 spiro atoms. The van der Waals surface area contributed by atoms with Crippen LogP contribution in [0, 0.1) is 43.1 Å². The van der Waals surface area contributed by atoms with E-state index in [1.807, 2.05) is 27.7 Å². The van der Waals surface area contributed by atoms with E-state index in [0.29, 0.717) is 0 Å². The number of amides is 1. The average molecular weight is 301 g/mol. The first kappa shape index (κ1) is 17.5. The summed E-state index contributed by atoms with van der Waals surface area (Å²) in [6.45, 7) is 10.1. The molecule has 0 aliphatic heterocycles. The van der Waals surface area contributed by atoms with Crippen molar-refractivity contribution >= 4 is 5.91 Å². The van der Waals surface area contributed by atoms with Crippen LogP contribution in [0.3, 0.4) is 0 Å². The second kappa shape index (κ2) is 6.50. The normalized spacial score (nSPS) is 11.6. The molecule has 1 amide bonds. The standard InChI is InChI=1S/C16H22F3NO/c1-7(2)15(8(3)4)20-16(21)11-9(5)12(17)10(6)13(18)14(11)19/h7-8,15H,1-6H3,(H,20,21). The first-order valence-electron chi connectivity index (χ1n) is 7.04. The van der Waals surface area contributed by atoms with Crippen molar-refractivity contribution in [1.29, 1.82) is 0 Å². The van der Waals surface area contributed by atoms with Crippen molar-refractivity contribution in [3.63, 3.8) is 0 Å². The molecule has 118 valence electrons. The average Bonchev–Trinajstić information content (AvgIpc) is 2.39. The third-order valence-corrected chi connectivity index (χ3v) is 3.74. The van der Waals surface area contributed by atoms with Crippen molar-refractivity contribution in [1.82, 2.24) is 5.32 Å². The molecular weight excluding hydrogens is 279 g/mol. The minimum absolute atomic E-state index is 0.123. The highest BCUT2D eigenvalue weighted by Crippen LogP contribution is 2.24. The molecule has 0 unspecified atom stereocenters. The van der Waals surface area contributed by atoms with Gasteiger partial charge in [0.1, 0.15) is 5.82 Å². The predicted octanol–water partition coefficient (Wildman–Crippen LogP) is 4.13. The Balaban J connectivity index is 3.26. The van der Waals surface area contributed by atoms with Crippen LogP contribution in [0.15, 0.2) is 0 Å². The maximum atomic E-state index is 14.0. The third-order valence-electron chi connectivity index (χ3n) is 3.74. The molecule has 0 aliphatic carbocycles. The topological polar surface area (TPSA) is 29.1 Å². The SMILES string of the molecule is Cc1c(F)c(C)c(C(=O)NC(C(C)C)C(C)C)c(F)c1F. The summed E-state index contributed by atoms with van der Waals surface area (Å²) in [5.74, 6) is -4.03. The minimum Gasteiger partial charge on any atom is -0.349 e. The molecule has 0 fully saturated rings. The summed E-state index contributed by atoms with van der Waals surface area (Å²) in [5.41, 5.74) is -1.14. The summed E-state index contributed by atoms with van der Waals surface area (Å²) >= 11 is 0. The van der Waals surface area contributed by atoms with E-state index < -0.39 is 34.5 Å². The molecule has 21 heavy (non-hydrogen) atoms. The van der Waals surface area contributed by atoms with Gasteiger partial charge in [-0.15, -0.1) is 0 Å². The van der Waals surface area contributed by atoms with Crippen LogP contribution >= 0.6 is 0 Å². The van der Waals surface area contributed by atoms with E-state index in [2.05, 4.69) is 5.32 Å². The van der Waals surface area contributed by atoms with Crippen molar-refractivity contribution in [2.24, 2.45) is 11.8 Å². The van der Waals surface area contributed by atoms with Crippen molar-refractivity contribution in [2.45, 2.75) is 47.6 Å². The molecule has 0 aromatic heterocycles. The number of hydrogen-bond donors (Lipinski definition) is 1. The van der Waals surface area contributed by atoms with Gasteiger partial charge in [-0.3, -0.25) is 4.79 Å². The first-order chi connectivity index (χ1) is 9.59. The Morgan fingerprint density at radius 2 is 1.33 bits per heavy atom. The number of benzene rings is 1. The maximum absolute atomic E-state index is 14.0. The number of carbonyl (C=O) groups is 1. The van der Waals surface area contributed by atoms with E-state index in [9.17, 15) is 18.0 Å². The van der Waals surface area contributed by atoms with E-state index in [1.54, 1.807) is 0 Å². The zero-order valence-electron chi connectivity index (χ0n) is 13.3. The Hall–Kier alpha value is -1.52. The van der Waals surface area contributed by atoms with E-state index in [4.69, 9.17) is 0 Å². The molecule has 0 aliphatic rings. The fourth-order valence-electron chi connectivity index (χ4n) is 2.52. The predicted molar refractivity (Wildman–Crippen MR) is 76.7 cm³/mol. The molecule has 1 rings (SSSR count). The van der Waals surface area contributed by atoms with Crippen molar-refractivity contribution in [3.05, 3.63) is 34.1 Å². The molecule has 0 saturated heterocycles. The van der Waals surface area contributed by atoms with Crippen molar-refractivity contribution in [3.8, 4) is 0 Å². The molecule has 1 aromatic carbocycles. The van der Waals surface area contributed by atoms with Gasteiger partial charge in [-0.1, -0.05) is 27.7 Å². The van der Waals surface area contributed by atoms with Crippen LogP contribution in [0.5, 0.6) is 0 Å². The number of halogens is 3. The maximum Gasteiger partial charge on any atom is 0.254 e. The van der Waals surface area contributed by atoms with Crippen LogP contribution in [0.1, 0.15) is 49.2 Å². The van der Waals surface area contributed by atoms with Crippen molar-refractivity contribution < 1.29 is 18.0 Å². The molecule has 0 radical (unpaired) electrons. The first-order valence-corrected chi connectivity index (χ1v) is 7.04. The number of carbonyl (C=O) groups excluding carboxylic acids is 1. The Kier molecular flexibility index (Phi) is 5.42. The lowest BCUT2D eigenvalue weighted by Gasteiger charge is -2.26. The summed E-state index contributed by atoms with van der Waals surface area (Å²) in [5, 5.41) is 2.68. The molecule has 0 atom stereocenters. The molecule has 1 N–H and O–H groups in total. The van der Waals surface area contributed by atoms with E-state index in [-0.39, 0.29) is 23.4 Å². The number of nitrogens with one attached hydrogen (secondary N) is 1. The minimum atomic E-state index is -1.31. The lowest BCUT2D eigenvalue weighted by molar-refractivity contribution is 0.0904. The van der Waals surface area contributed by atoms with Crippen LogP contribution in [0.25, 0.3) is 0 Å². The summed E-state index contributed by atoms with van der Waals surface area (Å²) in [7, 11) is 0. The smallest absolute Gasteiger partial charge is 0.254 e. The molecule has 0 heterocycles. The van der Waals surface area contributed by atoms with Crippen LogP contribution in [0.2, 0.25) is 0 Å². The van der Waals surface area contributed by atoms with Gasteiger partial charge in [0.15, 0.2) is 11.6 Å². The summed E-state index contributed by atoms with van der Waals surface area (Å²) in [6, 6.07) is -0.205. The Morgan fingerprint density at radius 3 is 1.76 bits per heavy atom.